The van der Waals surface area contributed by atoms with E-state index in [0.717, 1.165) is 11.4 Å². The van der Waals surface area contributed by atoms with Crippen LogP contribution in [0.4, 0.5) is 11.5 Å². The number of anilines is 2. The minimum atomic E-state index is -0.358. The second-order valence-electron chi connectivity index (χ2n) is 3.87. The van der Waals surface area contributed by atoms with Crippen molar-refractivity contribution >= 4 is 17.4 Å². The molecule has 0 aromatic carbocycles. The Morgan fingerprint density at radius 3 is 2.67 bits per heavy atom. The molecular weight excluding hydrogens is 230 g/mol. The average Bonchev–Trinajstić information content (AvgIpc) is 2.32. The van der Waals surface area contributed by atoms with Crippen molar-refractivity contribution in [1.29, 1.82) is 0 Å². The van der Waals surface area contributed by atoms with Gasteiger partial charge >= 0.3 is 0 Å². The maximum Gasteiger partial charge on any atom is 0.276 e. The minimum absolute atomic E-state index is 0.176. The summed E-state index contributed by atoms with van der Waals surface area (Å²) in [6.07, 6.45) is 2.75. The summed E-state index contributed by atoms with van der Waals surface area (Å²) in [6, 6.07) is 3.63. The highest BCUT2D eigenvalue weighted by atomic mass is 16.1. The fourth-order valence-corrected chi connectivity index (χ4v) is 1.50. The molecule has 18 heavy (non-hydrogen) atoms. The van der Waals surface area contributed by atoms with Crippen LogP contribution in [0.1, 0.15) is 21.9 Å². The predicted molar refractivity (Wildman–Crippen MR) is 68.1 cm³/mol. The van der Waals surface area contributed by atoms with E-state index in [9.17, 15) is 4.79 Å². The van der Waals surface area contributed by atoms with E-state index in [1.165, 1.54) is 12.4 Å². The molecule has 0 saturated carbocycles. The van der Waals surface area contributed by atoms with Crippen LogP contribution in [0.3, 0.4) is 0 Å². The molecule has 0 aliphatic heterocycles. The van der Waals surface area contributed by atoms with Crippen LogP contribution in [0.15, 0.2) is 24.5 Å². The second kappa shape index (κ2) is 4.79. The van der Waals surface area contributed by atoms with Gasteiger partial charge < -0.3 is 11.1 Å². The van der Waals surface area contributed by atoms with E-state index in [1.807, 2.05) is 19.9 Å². The molecule has 0 fully saturated rings. The standard InChI is InChI=1S/C12H13N5O/c1-7-3-4-9(8(2)15-7)17-12(18)10-5-14-6-11(13)16-10/h3-6H,1-2H3,(H2,13,16)(H,17,18). The van der Waals surface area contributed by atoms with Crippen molar-refractivity contribution in [3.05, 3.63) is 41.6 Å². The van der Waals surface area contributed by atoms with Crippen molar-refractivity contribution in [1.82, 2.24) is 15.0 Å². The van der Waals surface area contributed by atoms with Gasteiger partial charge in [0.1, 0.15) is 11.5 Å². The Balaban J connectivity index is 2.21. The average molecular weight is 243 g/mol. The molecule has 6 nitrogen and oxygen atoms in total. The molecule has 0 bridgehead atoms. The Morgan fingerprint density at radius 1 is 1.22 bits per heavy atom. The summed E-state index contributed by atoms with van der Waals surface area (Å²) < 4.78 is 0. The largest absolute Gasteiger partial charge is 0.382 e. The fourth-order valence-electron chi connectivity index (χ4n) is 1.50. The van der Waals surface area contributed by atoms with Gasteiger partial charge in [0, 0.05) is 5.69 Å². The number of nitrogens with zero attached hydrogens (tertiary/aromatic N) is 3. The first kappa shape index (κ1) is 12.0. The van der Waals surface area contributed by atoms with Gasteiger partial charge in [-0.25, -0.2) is 4.98 Å². The van der Waals surface area contributed by atoms with E-state index in [0.29, 0.717) is 5.69 Å². The number of amides is 1. The van der Waals surface area contributed by atoms with Crippen LogP contribution < -0.4 is 11.1 Å². The number of nitrogen functional groups attached to an aromatic ring is 1. The summed E-state index contributed by atoms with van der Waals surface area (Å²) in [5.74, 6) is -0.148. The number of aromatic nitrogens is 3. The molecule has 0 unspecified atom stereocenters. The topological polar surface area (TPSA) is 93.8 Å². The molecule has 1 amide bonds. The van der Waals surface area contributed by atoms with Crippen LogP contribution in [0.25, 0.3) is 0 Å². The number of rotatable bonds is 2. The smallest absolute Gasteiger partial charge is 0.276 e. The third-order valence-electron chi connectivity index (χ3n) is 2.36. The Bertz CT molecular complexity index is 597. The highest BCUT2D eigenvalue weighted by Crippen LogP contribution is 2.13. The molecule has 0 radical (unpaired) electrons. The lowest BCUT2D eigenvalue weighted by Crippen LogP contribution is -2.16. The van der Waals surface area contributed by atoms with Crippen molar-refractivity contribution in [3.63, 3.8) is 0 Å². The maximum absolute atomic E-state index is 11.9. The first-order valence-electron chi connectivity index (χ1n) is 5.39. The molecule has 0 aliphatic carbocycles. The molecule has 3 N–H and O–H groups in total. The first-order chi connectivity index (χ1) is 8.56. The number of nitrogens with two attached hydrogens (primary N) is 1. The van der Waals surface area contributed by atoms with Gasteiger partial charge in [-0.3, -0.25) is 14.8 Å². The summed E-state index contributed by atoms with van der Waals surface area (Å²) >= 11 is 0. The van der Waals surface area contributed by atoms with E-state index in [4.69, 9.17) is 5.73 Å². The summed E-state index contributed by atoms with van der Waals surface area (Å²) in [7, 11) is 0. The summed E-state index contributed by atoms with van der Waals surface area (Å²) in [5, 5.41) is 2.72. The third-order valence-corrected chi connectivity index (χ3v) is 2.36. The van der Waals surface area contributed by atoms with Crippen molar-refractivity contribution in [2.24, 2.45) is 0 Å². The molecule has 92 valence electrons. The number of carbonyl (C=O) groups excluding carboxylic acids is 1. The molecular formula is C12H13N5O. The number of aryl methyl sites for hydroxylation is 2. The molecule has 0 atom stereocenters. The second-order valence-corrected chi connectivity index (χ2v) is 3.87. The zero-order valence-electron chi connectivity index (χ0n) is 10.1. The summed E-state index contributed by atoms with van der Waals surface area (Å²) in [5.41, 5.74) is 7.95. The molecule has 2 aromatic heterocycles. The zero-order chi connectivity index (χ0) is 13.1. The number of pyridine rings is 1. The van der Waals surface area contributed by atoms with Crippen molar-refractivity contribution in [2.75, 3.05) is 11.1 Å². The SMILES string of the molecule is Cc1ccc(NC(=O)c2cncc(N)n2)c(C)n1. The highest BCUT2D eigenvalue weighted by molar-refractivity contribution is 6.03. The van der Waals surface area contributed by atoms with Gasteiger partial charge in [-0.15, -0.1) is 0 Å². The number of carbonyl (C=O) groups is 1. The van der Waals surface area contributed by atoms with E-state index >= 15 is 0 Å². The molecule has 6 heteroatoms. The molecule has 2 heterocycles. The van der Waals surface area contributed by atoms with Gasteiger partial charge in [0.15, 0.2) is 0 Å². The lowest BCUT2D eigenvalue weighted by molar-refractivity contribution is 0.102. The van der Waals surface area contributed by atoms with Crippen molar-refractivity contribution in [2.45, 2.75) is 13.8 Å². The lowest BCUT2D eigenvalue weighted by Gasteiger charge is -2.07. The molecule has 0 aliphatic rings. The molecule has 0 saturated heterocycles. The van der Waals surface area contributed by atoms with Gasteiger partial charge in [-0.1, -0.05) is 0 Å². The van der Waals surface area contributed by atoms with Gasteiger partial charge in [-0.2, -0.15) is 0 Å². The highest BCUT2D eigenvalue weighted by Gasteiger charge is 2.10. The van der Waals surface area contributed by atoms with Crippen molar-refractivity contribution < 1.29 is 4.79 Å². The maximum atomic E-state index is 11.9. The van der Waals surface area contributed by atoms with E-state index in [1.54, 1.807) is 6.07 Å². The van der Waals surface area contributed by atoms with Crippen LogP contribution in [0.2, 0.25) is 0 Å². The van der Waals surface area contributed by atoms with Gasteiger partial charge in [0.2, 0.25) is 0 Å². The van der Waals surface area contributed by atoms with Crippen LogP contribution in [0, 0.1) is 13.8 Å². The van der Waals surface area contributed by atoms with E-state index < -0.39 is 0 Å². The van der Waals surface area contributed by atoms with Crippen LogP contribution in [-0.4, -0.2) is 20.9 Å². The Morgan fingerprint density at radius 2 is 2.00 bits per heavy atom. The zero-order valence-corrected chi connectivity index (χ0v) is 10.1. The fraction of sp³-hybridized carbons (Fsp3) is 0.167. The predicted octanol–water partition coefficient (Wildman–Crippen LogP) is 1.32. The van der Waals surface area contributed by atoms with E-state index in [2.05, 4.69) is 20.3 Å². The number of nitrogens with one attached hydrogen (secondary N) is 1. The van der Waals surface area contributed by atoms with E-state index in [-0.39, 0.29) is 17.4 Å². The lowest BCUT2D eigenvalue weighted by atomic mass is 10.2. The third kappa shape index (κ3) is 2.60. The van der Waals surface area contributed by atoms with Gasteiger partial charge in [-0.05, 0) is 26.0 Å². The van der Waals surface area contributed by atoms with Crippen LogP contribution in [0.5, 0.6) is 0 Å². The monoisotopic (exact) mass is 243 g/mol. The van der Waals surface area contributed by atoms with Gasteiger partial charge in [0.05, 0.1) is 23.8 Å². The normalized spacial score (nSPS) is 10.1. The van der Waals surface area contributed by atoms with Gasteiger partial charge in [0.25, 0.3) is 5.91 Å². The minimum Gasteiger partial charge on any atom is -0.382 e. The molecule has 2 rings (SSSR count). The van der Waals surface area contributed by atoms with Crippen LogP contribution >= 0.6 is 0 Å². The molecule has 2 aromatic rings. The summed E-state index contributed by atoms with van der Waals surface area (Å²) in [4.78, 5) is 23.9. The number of hydrogen-bond donors (Lipinski definition) is 2. The number of hydrogen-bond acceptors (Lipinski definition) is 5. The van der Waals surface area contributed by atoms with Crippen molar-refractivity contribution in [3.8, 4) is 0 Å². The Hall–Kier alpha value is -2.50. The first-order valence-corrected chi connectivity index (χ1v) is 5.39. The quantitative estimate of drug-likeness (QED) is 0.829. The summed E-state index contributed by atoms with van der Waals surface area (Å²) in [6.45, 7) is 3.72. The van der Waals surface area contributed by atoms with Crippen LogP contribution in [-0.2, 0) is 0 Å². The molecule has 0 spiro atoms. The Labute approximate surface area is 104 Å². The Kier molecular flexibility index (Phi) is 3.18.